The number of carbonyl (C=O) groups is 1. The van der Waals surface area contributed by atoms with Gasteiger partial charge in [-0.25, -0.2) is 9.78 Å². The van der Waals surface area contributed by atoms with Gasteiger partial charge in [-0.05, 0) is 31.4 Å². The van der Waals surface area contributed by atoms with E-state index in [0.29, 0.717) is 24.1 Å². The molecule has 3 N–H and O–H groups in total. The van der Waals surface area contributed by atoms with Crippen molar-refractivity contribution in [2.24, 2.45) is 0 Å². The lowest BCUT2D eigenvalue weighted by Crippen LogP contribution is -2.34. The van der Waals surface area contributed by atoms with Crippen LogP contribution in [-0.4, -0.2) is 38.7 Å². The molecule has 1 fully saturated rings. The van der Waals surface area contributed by atoms with Crippen molar-refractivity contribution in [2.75, 3.05) is 18.8 Å². The number of aromatic nitrogens is 2. The molecular weight excluding hydrogens is 292 g/mol. The minimum Gasteiger partial charge on any atom is -0.465 e. The standard InChI is InChI=1S/C14H17ClN4O2/c15-10-5-3-6-11-12(10)19(13(16)17-11)9-4-1-2-7-18(8-9)14(20)21/h3,5-6,9H,1-2,4,7-8H2,(H2,16,17)(H,20,21)/t9-/m1/s1. The topological polar surface area (TPSA) is 84.4 Å². The van der Waals surface area contributed by atoms with Crippen LogP contribution < -0.4 is 5.73 Å². The van der Waals surface area contributed by atoms with Gasteiger partial charge in [0.25, 0.3) is 0 Å². The Balaban J connectivity index is 2.06. The minimum absolute atomic E-state index is 0.0338. The van der Waals surface area contributed by atoms with Gasteiger partial charge in [-0.1, -0.05) is 17.7 Å². The summed E-state index contributed by atoms with van der Waals surface area (Å²) in [4.78, 5) is 17.1. The molecule has 0 radical (unpaired) electrons. The van der Waals surface area contributed by atoms with Gasteiger partial charge >= 0.3 is 6.09 Å². The number of carboxylic acid groups (broad SMARTS) is 1. The number of halogens is 1. The number of fused-ring (bicyclic) bond motifs is 1. The van der Waals surface area contributed by atoms with Gasteiger partial charge < -0.3 is 20.3 Å². The molecule has 0 aliphatic carbocycles. The number of nitrogen functional groups attached to an aromatic ring is 1. The molecule has 1 aliphatic rings. The second-order valence-corrected chi connectivity index (χ2v) is 5.73. The van der Waals surface area contributed by atoms with E-state index < -0.39 is 6.09 Å². The van der Waals surface area contributed by atoms with Crippen molar-refractivity contribution in [3.8, 4) is 0 Å². The van der Waals surface area contributed by atoms with Crippen LogP contribution in [0.1, 0.15) is 25.3 Å². The first-order valence-corrected chi connectivity index (χ1v) is 7.35. The van der Waals surface area contributed by atoms with Crippen molar-refractivity contribution in [1.82, 2.24) is 14.5 Å². The fourth-order valence-corrected chi connectivity index (χ4v) is 3.26. The van der Waals surface area contributed by atoms with Crippen molar-refractivity contribution < 1.29 is 9.90 Å². The average Bonchev–Trinajstić information content (AvgIpc) is 2.62. The first kappa shape index (κ1) is 14.0. The molecule has 6 nitrogen and oxygen atoms in total. The van der Waals surface area contributed by atoms with Crippen molar-refractivity contribution in [2.45, 2.75) is 25.3 Å². The Morgan fingerprint density at radius 2 is 2.24 bits per heavy atom. The average molecular weight is 309 g/mol. The fourth-order valence-electron chi connectivity index (χ4n) is 3.00. The van der Waals surface area contributed by atoms with Gasteiger partial charge in [-0.2, -0.15) is 0 Å². The quantitative estimate of drug-likeness (QED) is 0.848. The number of benzene rings is 1. The van der Waals surface area contributed by atoms with Crippen LogP contribution in [0.2, 0.25) is 5.02 Å². The Labute approximate surface area is 127 Å². The molecule has 21 heavy (non-hydrogen) atoms. The Hall–Kier alpha value is -1.95. The first-order valence-electron chi connectivity index (χ1n) is 6.97. The number of imidazole rings is 1. The van der Waals surface area contributed by atoms with E-state index in [4.69, 9.17) is 17.3 Å². The van der Waals surface area contributed by atoms with Gasteiger partial charge in [-0.15, -0.1) is 0 Å². The summed E-state index contributed by atoms with van der Waals surface area (Å²) in [5.41, 5.74) is 7.58. The lowest BCUT2D eigenvalue weighted by molar-refractivity contribution is 0.141. The Morgan fingerprint density at radius 3 is 3.00 bits per heavy atom. The van der Waals surface area contributed by atoms with Crippen molar-refractivity contribution >= 4 is 34.7 Å². The maximum absolute atomic E-state index is 11.3. The Bertz CT molecular complexity index is 685. The molecule has 112 valence electrons. The molecule has 2 heterocycles. The normalized spacial score (nSPS) is 19.7. The highest BCUT2D eigenvalue weighted by Gasteiger charge is 2.26. The van der Waals surface area contributed by atoms with E-state index in [1.807, 2.05) is 16.7 Å². The van der Waals surface area contributed by atoms with E-state index in [1.54, 1.807) is 6.07 Å². The smallest absolute Gasteiger partial charge is 0.407 e. The SMILES string of the molecule is Nc1nc2cccc(Cl)c2n1[C@@H]1CCCCN(C(=O)O)C1. The molecule has 0 spiro atoms. The summed E-state index contributed by atoms with van der Waals surface area (Å²) in [6, 6.07) is 5.46. The molecule has 1 aromatic heterocycles. The summed E-state index contributed by atoms with van der Waals surface area (Å²) < 4.78 is 1.89. The van der Waals surface area contributed by atoms with Gasteiger partial charge in [0.05, 0.1) is 22.1 Å². The van der Waals surface area contributed by atoms with Crippen LogP contribution in [0.3, 0.4) is 0 Å². The van der Waals surface area contributed by atoms with Crippen LogP contribution in [-0.2, 0) is 0 Å². The Kier molecular flexibility index (Phi) is 3.63. The first-order chi connectivity index (χ1) is 10.1. The third kappa shape index (κ3) is 2.51. The molecule has 0 bridgehead atoms. The number of nitrogens with zero attached hydrogens (tertiary/aromatic N) is 3. The van der Waals surface area contributed by atoms with Crippen molar-refractivity contribution in [1.29, 1.82) is 0 Å². The van der Waals surface area contributed by atoms with Gasteiger partial charge in [0.15, 0.2) is 0 Å². The summed E-state index contributed by atoms with van der Waals surface area (Å²) in [7, 11) is 0. The lowest BCUT2D eigenvalue weighted by atomic mass is 10.1. The summed E-state index contributed by atoms with van der Waals surface area (Å²) in [5, 5.41) is 9.85. The molecular formula is C14H17ClN4O2. The van der Waals surface area contributed by atoms with E-state index in [-0.39, 0.29) is 6.04 Å². The van der Waals surface area contributed by atoms with Crippen LogP contribution in [0.25, 0.3) is 11.0 Å². The number of likely N-dealkylation sites (tertiary alicyclic amines) is 1. The van der Waals surface area contributed by atoms with Crippen molar-refractivity contribution in [3.05, 3.63) is 23.2 Å². The molecule has 0 saturated carbocycles. The number of nitrogens with two attached hydrogens (primary N) is 1. The molecule has 1 atom stereocenters. The van der Waals surface area contributed by atoms with E-state index in [0.717, 1.165) is 30.3 Å². The highest BCUT2D eigenvalue weighted by atomic mass is 35.5. The van der Waals surface area contributed by atoms with Crippen LogP contribution in [0.15, 0.2) is 18.2 Å². The zero-order chi connectivity index (χ0) is 15.0. The minimum atomic E-state index is -0.893. The number of hydrogen-bond donors (Lipinski definition) is 2. The summed E-state index contributed by atoms with van der Waals surface area (Å²) >= 11 is 6.29. The number of hydrogen-bond acceptors (Lipinski definition) is 3. The molecule has 3 rings (SSSR count). The van der Waals surface area contributed by atoms with Crippen molar-refractivity contribution in [3.63, 3.8) is 0 Å². The number of para-hydroxylation sites is 1. The molecule has 1 saturated heterocycles. The van der Waals surface area contributed by atoms with E-state index in [2.05, 4.69) is 4.98 Å². The number of rotatable bonds is 1. The van der Waals surface area contributed by atoms with E-state index >= 15 is 0 Å². The third-order valence-electron chi connectivity index (χ3n) is 3.97. The third-order valence-corrected chi connectivity index (χ3v) is 4.28. The summed E-state index contributed by atoms with van der Waals surface area (Å²) in [6.07, 6.45) is 1.79. The molecule has 1 aliphatic heterocycles. The highest BCUT2D eigenvalue weighted by Crippen LogP contribution is 2.32. The van der Waals surface area contributed by atoms with Gasteiger partial charge in [-0.3, -0.25) is 0 Å². The summed E-state index contributed by atoms with van der Waals surface area (Å²) in [6.45, 7) is 0.975. The predicted octanol–water partition coefficient (Wildman–Crippen LogP) is 2.98. The number of anilines is 1. The zero-order valence-electron chi connectivity index (χ0n) is 11.5. The maximum Gasteiger partial charge on any atom is 0.407 e. The lowest BCUT2D eigenvalue weighted by Gasteiger charge is -2.24. The summed E-state index contributed by atoms with van der Waals surface area (Å²) in [5.74, 6) is 0.385. The van der Waals surface area contributed by atoms with E-state index in [9.17, 15) is 9.90 Å². The van der Waals surface area contributed by atoms with Gasteiger partial charge in [0.1, 0.15) is 0 Å². The molecule has 2 aromatic rings. The maximum atomic E-state index is 11.3. The Morgan fingerprint density at radius 1 is 1.43 bits per heavy atom. The van der Waals surface area contributed by atoms with Gasteiger partial charge in [0, 0.05) is 13.1 Å². The molecule has 1 aromatic carbocycles. The van der Waals surface area contributed by atoms with E-state index in [1.165, 1.54) is 4.90 Å². The number of amides is 1. The van der Waals surface area contributed by atoms with Crippen LogP contribution in [0.5, 0.6) is 0 Å². The van der Waals surface area contributed by atoms with Crippen LogP contribution >= 0.6 is 11.6 Å². The largest absolute Gasteiger partial charge is 0.465 e. The monoisotopic (exact) mass is 308 g/mol. The van der Waals surface area contributed by atoms with Gasteiger partial charge in [0.2, 0.25) is 5.95 Å². The fraction of sp³-hybridized carbons (Fsp3) is 0.429. The van der Waals surface area contributed by atoms with Crippen LogP contribution in [0, 0.1) is 0 Å². The molecule has 0 unspecified atom stereocenters. The van der Waals surface area contributed by atoms with Crippen LogP contribution in [0.4, 0.5) is 10.7 Å². The second kappa shape index (κ2) is 5.44. The second-order valence-electron chi connectivity index (χ2n) is 5.33. The molecule has 1 amide bonds. The highest BCUT2D eigenvalue weighted by molar-refractivity contribution is 6.35. The zero-order valence-corrected chi connectivity index (χ0v) is 12.3. The molecule has 7 heteroatoms. The predicted molar refractivity (Wildman–Crippen MR) is 81.6 cm³/mol.